The Morgan fingerprint density at radius 2 is 1.71 bits per heavy atom. The van der Waals surface area contributed by atoms with Gasteiger partial charge in [0.25, 0.3) is 0 Å². The van der Waals surface area contributed by atoms with Gasteiger partial charge in [0.2, 0.25) is 5.78 Å². The number of benzene rings is 1. The number of carbonyl (C=O) groups is 3. The largest absolute Gasteiger partial charge is 0.466 e. The lowest BCUT2D eigenvalue weighted by molar-refractivity contribution is -0.140. The van der Waals surface area contributed by atoms with Crippen LogP contribution in [0.3, 0.4) is 0 Å². The summed E-state index contributed by atoms with van der Waals surface area (Å²) in [6.45, 7) is -0.151. The molecule has 1 aromatic carbocycles. The molecule has 28 heavy (non-hydrogen) atoms. The average Bonchev–Trinajstić information content (AvgIpc) is 2.77. The number of ketones is 1. The molecule has 0 fully saturated rings. The monoisotopic (exact) mass is 382 g/mol. The maximum atomic E-state index is 13.0. The van der Waals surface area contributed by atoms with Crippen molar-refractivity contribution < 1.29 is 28.6 Å². The van der Waals surface area contributed by atoms with Crippen LogP contribution in [0, 0.1) is 0 Å². The molecule has 0 saturated carbocycles. The van der Waals surface area contributed by atoms with Crippen molar-refractivity contribution in [2.45, 2.75) is 0 Å². The van der Waals surface area contributed by atoms with E-state index in [0.717, 1.165) is 0 Å². The van der Waals surface area contributed by atoms with Gasteiger partial charge in [0, 0.05) is 11.8 Å². The molecule has 8 nitrogen and oxygen atoms in total. The molecule has 0 saturated heterocycles. The number of rotatable bonds is 5. The molecule has 1 aliphatic heterocycles. The number of para-hydroxylation sites is 1. The van der Waals surface area contributed by atoms with Crippen molar-refractivity contribution in [3.8, 4) is 0 Å². The summed E-state index contributed by atoms with van der Waals surface area (Å²) in [4.78, 5) is 43.1. The summed E-state index contributed by atoms with van der Waals surface area (Å²) in [5.41, 5.74) is 0.934. The first kappa shape index (κ1) is 19.2. The maximum Gasteiger partial charge on any atom is 0.355 e. The van der Waals surface area contributed by atoms with Gasteiger partial charge in [0.15, 0.2) is 0 Å². The number of esters is 2. The van der Waals surface area contributed by atoms with Crippen molar-refractivity contribution >= 4 is 23.4 Å². The first-order chi connectivity index (χ1) is 13.6. The summed E-state index contributed by atoms with van der Waals surface area (Å²) in [7, 11) is 2.42. The fourth-order valence-corrected chi connectivity index (χ4v) is 2.87. The molecule has 0 amide bonds. The third-order valence-electron chi connectivity index (χ3n) is 4.17. The molecule has 0 N–H and O–H groups in total. The highest BCUT2D eigenvalue weighted by Crippen LogP contribution is 2.30. The zero-order chi connectivity index (χ0) is 20.1. The molecule has 2 heterocycles. The van der Waals surface area contributed by atoms with Gasteiger partial charge in [0.1, 0.15) is 18.1 Å². The van der Waals surface area contributed by atoms with Gasteiger partial charge in [-0.25, -0.2) is 9.59 Å². The standard InChI is InChI=1S/C20H18N2O6/c1-26-19(24)14-11-28-12-22(17(14)20(25)27-2)16-9-4-3-7-13(16)18(23)15-8-5-6-10-21-15/h3-10H,11-12H2,1-2H3. The first-order valence-electron chi connectivity index (χ1n) is 8.38. The molecule has 0 bridgehead atoms. The normalized spacial score (nSPS) is 13.9. The van der Waals surface area contributed by atoms with Gasteiger partial charge in [-0.3, -0.25) is 9.78 Å². The average molecular weight is 382 g/mol. The van der Waals surface area contributed by atoms with Gasteiger partial charge in [-0.15, -0.1) is 0 Å². The van der Waals surface area contributed by atoms with E-state index in [-0.39, 0.29) is 36.1 Å². The van der Waals surface area contributed by atoms with E-state index in [2.05, 4.69) is 4.98 Å². The fraction of sp³-hybridized carbons (Fsp3) is 0.200. The Balaban J connectivity index is 2.13. The fourth-order valence-electron chi connectivity index (χ4n) is 2.87. The van der Waals surface area contributed by atoms with Crippen LogP contribution in [0.4, 0.5) is 5.69 Å². The Kier molecular flexibility index (Phi) is 5.81. The molecule has 0 unspecified atom stereocenters. The number of methoxy groups -OCH3 is 2. The molecule has 3 rings (SSSR count). The van der Waals surface area contributed by atoms with Crippen molar-refractivity contribution in [1.29, 1.82) is 0 Å². The summed E-state index contributed by atoms with van der Waals surface area (Å²) in [5, 5.41) is 0. The molecular formula is C20H18N2O6. The van der Waals surface area contributed by atoms with E-state index >= 15 is 0 Å². The van der Waals surface area contributed by atoms with E-state index < -0.39 is 11.9 Å². The number of hydrogen-bond donors (Lipinski definition) is 0. The summed E-state index contributed by atoms with van der Waals surface area (Å²) in [6.07, 6.45) is 1.52. The molecule has 144 valence electrons. The summed E-state index contributed by atoms with van der Waals surface area (Å²) < 4.78 is 15.1. The van der Waals surface area contributed by atoms with Crippen LogP contribution < -0.4 is 4.90 Å². The third-order valence-corrected chi connectivity index (χ3v) is 4.17. The van der Waals surface area contributed by atoms with E-state index in [1.165, 1.54) is 25.3 Å². The van der Waals surface area contributed by atoms with Gasteiger partial charge in [-0.2, -0.15) is 0 Å². The molecule has 1 aromatic heterocycles. The molecule has 0 spiro atoms. The van der Waals surface area contributed by atoms with E-state index in [1.807, 2.05) is 0 Å². The lowest BCUT2D eigenvalue weighted by atomic mass is 10.0. The SMILES string of the molecule is COC(=O)C1=C(C(=O)OC)N(c2ccccc2C(=O)c2ccccn2)COC1. The molecule has 0 radical (unpaired) electrons. The van der Waals surface area contributed by atoms with Gasteiger partial charge in [-0.1, -0.05) is 18.2 Å². The highest BCUT2D eigenvalue weighted by molar-refractivity contribution is 6.12. The van der Waals surface area contributed by atoms with Crippen LogP contribution in [-0.4, -0.2) is 50.3 Å². The second-order valence-corrected chi connectivity index (χ2v) is 5.78. The molecule has 1 aliphatic rings. The topological polar surface area (TPSA) is 95.0 Å². The van der Waals surface area contributed by atoms with Gasteiger partial charge in [-0.05, 0) is 24.3 Å². The van der Waals surface area contributed by atoms with Crippen LogP contribution in [0.15, 0.2) is 59.9 Å². The molecule has 0 atom stereocenters. The zero-order valence-electron chi connectivity index (χ0n) is 15.4. The second-order valence-electron chi connectivity index (χ2n) is 5.78. The minimum Gasteiger partial charge on any atom is -0.466 e. The van der Waals surface area contributed by atoms with Crippen molar-refractivity contribution in [3.05, 3.63) is 71.2 Å². The second kappa shape index (κ2) is 8.45. The summed E-state index contributed by atoms with van der Waals surface area (Å²) in [6, 6.07) is 11.7. The van der Waals surface area contributed by atoms with Crippen molar-refractivity contribution in [2.75, 3.05) is 32.5 Å². The van der Waals surface area contributed by atoms with E-state index in [9.17, 15) is 14.4 Å². The molecule has 8 heteroatoms. The minimum atomic E-state index is -0.733. The lowest BCUT2D eigenvalue weighted by Gasteiger charge is -2.32. The van der Waals surface area contributed by atoms with Crippen LogP contribution >= 0.6 is 0 Å². The van der Waals surface area contributed by atoms with E-state index in [1.54, 1.807) is 42.5 Å². The lowest BCUT2D eigenvalue weighted by Crippen LogP contribution is -2.39. The molecular weight excluding hydrogens is 364 g/mol. The number of anilines is 1. The number of nitrogens with zero attached hydrogens (tertiary/aromatic N) is 2. The van der Waals surface area contributed by atoms with Gasteiger partial charge < -0.3 is 19.1 Å². The number of pyridine rings is 1. The zero-order valence-corrected chi connectivity index (χ0v) is 15.4. The van der Waals surface area contributed by atoms with Crippen molar-refractivity contribution in [1.82, 2.24) is 4.98 Å². The number of ether oxygens (including phenoxy) is 3. The van der Waals surface area contributed by atoms with Crippen LogP contribution in [-0.2, 0) is 23.8 Å². The Bertz CT molecular complexity index is 939. The predicted octanol–water partition coefficient (Wildman–Crippen LogP) is 1.71. The Morgan fingerprint density at radius 3 is 2.39 bits per heavy atom. The van der Waals surface area contributed by atoms with E-state index in [4.69, 9.17) is 14.2 Å². The number of aromatic nitrogens is 1. The Hall–Kier alpha value is -3.52. The summed E-state index contributed by atoms with van der Waals surface area (Å²) in [5.74, 6) is -1.77. The first-order valence-corrected chi connectivity index (χ1v) is 8.38. The van der Waals surface area contributed by atoms with Crippen LogP contribution in [0.2, 0.25) is 0 Å². The van der Waals surface area contributed by atoms with Crippen molar-refractivity contribution in [2.24, 2.45) is 0 Å². The Labute approximate surface area is 161 Å². The number of carbonyl (C=O) groups excluding carboxylic acids is 3. The quantitative estimate of drug-likeness (QED) is 0.570. The third kappa shape index (κ3) is 3.63. The Morgan fingerprint density at radius 1 is 1.00 bits per heavy atom. The highest BCUT2D eigenvalue weighted by Gasteiger charge is 2.34. The van der Waals surface area contributed by atoms with Gasteiger partial charge in [0.05, 0.1) is 32.1 Å². The van der Waals surface area contributed by atoms with E-state index in [0.29, 0.717) is 11.3 Å². The van der Waals surface area contributed by atoms with Crippen LogP contribution in [0.25, 0.3) is 0 Å². The summed E-state index contributed by atoms with van der Waals surface area (Å²) >= 11 is 0. The predicted molar refractivity (Wildman–Crippen MR) is 98.5 cm³/mol. The number of hydrogen-bond acceptors (Lipinski definition) is 8. The van der Waals surface area contributed by atoms with Crippen LogP contribution in [0.1, 0.15) is 16.1 Å². The van der Waals surface area contributed by atoms with Crippen LogP contribution in [0.5, 0.6) is 0 Å². The maximum absolute atomic E-state index is 13.0. The smallest absolute Gasteiger partial charge is 0.355 e. The highest BCUT2D eigenvalue weighted by atomic mass is 16.5. The van der Waals surface area contributed by atoms with Gasteiger partial charge >= 0.3 is 11.9 Å². The molecule has 2 aromatic rings. The molecule has 0 aliphatic carbocycles. The van der Waals surface area contributed by atoms with Crippen molar-refractivity contribution in [3.63, 3.8) is 0 Å². The minimum absolute atomic E-state index is 0.0145.